The molecule has 8 heteroatoms. The van der Waals surface area contributed by atoms with Crippen molar-refractivity contribution in [1.29, 1.82) is 0 Å². The van der Waals surface area contributed by atoms with Crippen LogP contribution in [0.25, 0.3) is 10.9 Å². The fraction of sp³-hybridized carbons (Fsp3) is 0.318. The Hall–Kier alpha value is -3.42. The van der Waals surface area contributed by atoms with Gasteiger partial charge in [-0.05, 0) is 37.3 Å². The highest BCUT2D eigenvalue weighted by molar-refractivity contribution is 5.79. The van der Waals surface area contributed by atoms with Crippen LogP contribution >= 0.6 is 0 Å². The molecule has 0 fully saturated rings. The molecule has 1 aliphatic rings. The molecule has 1 aliphatic heterocycles. The number of anilines is 1. The zero-order valence-electron chi connectivity index (χ0n) is 16.9. The lowest BCUT2D eigenvalue weighted by Gasteiger charge is -2.37. The van der Waals surface area contributed by atoms with E-state index >= 15 is 0 Å². The first-order valence-electron chi connectivity index (χ1n) is 9.85. The van der Waals surface area contributed by atoms with E-state index in [1.807, 2.05) is 24.3 Å². The van der Waals surface area contributed by atoms with Gasteiger partial charge in [-0.25, -0.2) is 9.37 Å². The normalized spacial score (nSPS) is 15.6. The lowest BCUT2D eigenvalue weighted by Crippen LogP contribution is -2.47. The number of fused-ring (bicyclic) bond motifs is 2. The van der Waals surface area contributed by atoms with Gasteiger partial charge in [0.1, 0.15) is 24.2 Å². The van der Waals surface area contributed by atoms with Crippen LogP contribution in [-0.2, 0) is 11.3 Å². The highest BCUT2D eigenvalue weighted by atomic mass is 19.1. The summed E-state index contributed by atoms with van der Waals surface area (Å²) in [4.78, 5) is 33.3. The standard InChI is InChI=1S/C22H23FN4O3/c1-3-26-12-16(30-20-7-5-4-6-19(20)26)11-25(2)21(28)13-27-14-24-18-9-8-15(23)10-17(18)22(27)29/h4-10,14,16H,3,11-13H2,1-2H3/t16-/m1/s1. The molecule has 2 aromatic carbocycles. The molecule has 0 saturated heterocycles. The van der Waals surface area contributed by atoms with Crippen LogP contribution in [-0.4, -0.2) is 53.1 Å². The zero-order chi connectivity index (χ0) is 21.3. The van der Waals surface area contributed by atoms with E-state index in [-0.39, 0.29) is 23.9 Å². The topological polar surface area (TPSA) is 67.7 Å². The largest absolute Gasteiger partial charge is 0.485 e. The molecule has 0 radical (unpaired) electrons. The molecule has 0 saturated carbocycles. The van der Waals surface area contributed by atoms with Crippen LogP contribution in [0.4, 0.5) is 10.1 Å². The molecule has 30 heavy (non-hydrogen) atoms. The summed E-state index contributed by atoms with van der Waals surface area (Å²) < 4.78 is 20.8. The highest BCUT2D eigenvalue weighted by Gasteiger charge is 2.26. The maximum absolute atomic E-state index is 13.5. The van der Waals surface area contributed by atoms with Crippen LogP contribution in [0.1, 0.15) is 6.92 Å². The molecular formula is C22H23FN4O3. The summed E-state index contributed by atoms with van der Waals surface area (Å²) in [5, 5.41) is 0.152. The van der Waals surface area contributed by atoms with Gasteiger partial charge in [0.2, 0.25) is 5.91 Å². The van der Waals surface area contributed by atoms with Gasteiger partial charge in [0.25, 0.3) is 5.56 Å². The van der Waals surface area contributed by atoms with Gasteiger partial charge in [-0.3, -0.25) is 14.2 Å². The van der Waals surface area contributed by atoms with Crippen molar-refractivity contribution < 1.29 is 13.9 Å². The van der Waals surface area contributed by atoms with Crippen molar-refractivity contribution in [3.8, 4) is 5.75 Å². The quantitative estimate of drug-likeness (QED) is 0.646. The molecule has 1 aromatic heterocycles. The molecule has 1 amide bonds. The van der Waals surface area contributed by atoms with E-state index in [1.165, 1.54) is 23.0 Å². The summed E-state index contributed by atoms with van der Waals surface area (Å²) in [6.07, 6.45) is 1.13. The average molecular weight is 410 g/mol. The summed E-state index contributed by atoms with van der Waals surface area (Å²) >= 11 is 0. The van der Waals surface area contributed by atoms with Gasteiger partial charge < -0.3 is 14.5 Å². The summed E-state index contributed by atoms with van der Waals surface area (Å²) in [5.74, 6) is 0.0337. The molecule has 3 aromatic rings. The van der Waals surface area contributed by atoms with Gasteiger partial charge in [-0.15, -0.1) is 0 Å². The van der Waals surface area contributed by atoms with Crippen molar-refractivity contribution >= 4 is 22.5 Å². The Kier molecular flexibility index (Phi) is 5.39. The number of para-hydroxylation sites is 2. The molecule has 0 spiro atoms. The Bertz CT molecular complexity index is 1150. The van der Waals surface area contributed by atoms with Gasteiger partial charge in [-0.1, -0.05) is 12.1 Å². The lowest BCUT2D eigenvalue weighted by atomic mass is 10.2. The van der Waals surface area contributed by atoms with Gasteiger partial charge in [0.05, 0.1) is 36.0 Å². The molecule has 0 N–H and O–H groups in total. The number of amides is 1. The average Bonchev–Trinajstić information content (AvgIpc) is 2.75. The Morgan fingerprint density at radius 2 is 2.10 bits per heavy atom. The van der Waals surface area contributed by atoms with Gasteiger partial charge in [0.15, 0.2) is 0 Å². The van der Waals surface area contributed by atoms with E-state index in [0.717, 1.165) is 24.0 Å². The third kappa shape index (κ3) is 3.85. The number of hydrogen-bond donors (Lipinski definition) is 0. The minimum Gasteiger partial charge on any atom is -0.485 e. The SMILES string of the molecule is CCN1C[C@@H](CN(C)C(=O)Cn2cnc3ccc(F)cc3c2=O)Oc2ccccc21. The minimum absolute atomic E-state index is 0.152. The Labute approximate surface area is 173 Å². The predicted octanol–water partition coefficient (Wildman–Crippen LogP) is 2.28. The smallest absolute Gasteiger partial charge is 0.261 e. The van der Waals surface area contributed by atoms with Crippen molar-refractivity contribution in [3.05, 3.63) is 65.0 Å². The molecular weight excluding hydrogens is 387 g/mol. The zero-order valence-corrected chi connectivity index (χ0v) is 16.9. The Morgan fingerprint density at radius 3 is 2.90 bits per heavy atom. The summed E-state index contributed by atoms with van der Waals surface area (Å²) in [7, 11) is 1.68. The summed E-state index contributed by atoms with van der Waals surface area (Å²) in [6, 6.07) is 11.7. The van der Waals surface area contributed by atoms with E-state index in [2.05, 4.69) is 16.8 Å². The molecule has 7 nitrogen and oxygen atoms in total. The van der Waals surface area contributed by atoms with Crippen molar-refractivity contribution in [3.63, 3.8) is 0 Å². The third-order valence-electron chi connectivity index (χ3n) is 5.30. The van der Waals surface area contributed by atoms with E-state index in [4.69, 9.17) is 4.74 Å². The summed E-state index contributed by atoms with van der Waals surface area (Å²) in [6.45, 7) is 3.80. The number of halogens is 1. The van der Waals surface area contributed by atoms with Crippen LogP contribution < -0.4 is 15.2 Å². The van der Waals surface area contributed by atoms with Crippen LogP contribution in [0.15, 0.2) is 53.6 Å². The first-order valence-corrected chi connectivity index (χ1v) is 9.85. The second-order valence-corrected chi connectivity index (χ2v) is 7.36. The van der Waals surface area contributed by atoms with E-state index in [0.29, 0.717) is 18.6 Å². The lowest BCUT2D eigenvalue weighted by molar-refractivity contribution is -0.131. The fourth-order valence-corrected chi connectivity index (χ4v) is 3.69. The number of aromatic nitrogens is 2. The number of benzene rings is 2. The second-order valence-electron chi connectivity index (χ2n) is 7.36. The summed E-state index contributed by atoms with van der Waals surface area (Å²) in [5.41, 5.74) is 1.000. The molecule has 156 valence electrons. The van der Waals surface area contributed by atoms with Crippen LogP contribution in [0, 0.1) is 5.82 Å². The number of carbonyl (C=O) groups excluding carboxylic acids is 1. The van der Waals surface area contributed by atoms with E-state index in [1.54, 1.807) is 11.9 Å². The number of likely N-dealkylation sites (N-methyl/N-ethyl adjacent to an activating group) is 2. The first-order chi connectivity index (χ1) is 14.5. The fourth-order valence-electron chi connectivity index (χ4n) is 3.69. The predicted molar refractivity (Wildman–Crippen MR) is 112 cm³/mol. The minimum atomic E-state index is -0.516. The van der Waals surface area contributed by atoms with Gasteiger partial charge in [-0.2, -0.15) is 0 Å². The molecule has 0 aliphatic carbocycles. The van der Waals surface area contributed by atoms with E-state index < -0.39 is 11.4 Å². The number of hydrogen-bond acceptors (Lipinski definition) is 5. The number of rotatable bonds is 5. The maximum Gasteiger partial charge on any atom is 0.261 e. The van der Waals surface area contributed by atoms with Gasteiger partial charge in [0, 0.05) is 13.6 Å². The van der Waals surface area contributed by atoms with Crippen molar-refractivity contribution in [2.24, 2.45) is 0 Å². The second kappa shape index (κ2) is 8.14. The highest BCUT2D eigenvalue weighted by Crippen LogP contribution is 2.32. The number of nitrogens with zero attached hydrogens (tertiary/aromatic N) is 4. The first kappa shape index (κ1) is 19.9. The Morgan fingerprint density at radius 1 is 1.30 bits per heavy atom. The maximum atomic E-state index is 13.5. The van der Waals surface area contributed by atoms with Crippen LogP contribution in [0.3, 0.4) is 0 Å². The van der Waals surface area contributed by atoms with Crippen molar-refractivity contribution in [2.75, 3.05) is 31.6 Å². The number of ether oxygens (including phenoxy) is 1. The molecule has 0 unspecified atom stereocenters. The van der Waals surface area contributed by atoms with E-state index in [9.17, 15) is 14.0 Å². The van der Waals surface area contributed by atoms with Crippen molar-refractivity contribution in [2.45, 2.75) is 19.6 Å². The number of carbonyl (C=O) groups is 1. The third-order valence-corrected chi connectivity index (χ3v) is 5.30. The molecule has 2 heterocycles. The van der Waals surface area contributed by atoms with Crippen LogP contribution in [0.2, 0.25) is 0 Å². The van der Waals surface area contributed by atoms with Crippen LogP contribution in [0.5, 0.6) is 5.75 Å². The Balaban J connectivity index is 1.47. The molecule has 4 rings (SSSR count). The van der Waals surface area contributed by atoms with Gasteiger partial charge >= 0.3 is 0 Å². The monoisotopic (exact) mass is 410 g/mol. The molecule has 1 atom stereocenters. The van der Waals surface area contributed by atoms with Crippen molar-refractivity contribution in [1.82, 2.24) is 14.5 Å². The molecule has 0 bridgehead atoms.